The Morgan fingerprint density at radius 3 is 2.70 bits per heavy atom. The van der Waals surface area contributed by atoms with Crippen molar-refractivity contribution < 1.29 is 13.7 Å². The van der Waals surface area contributed by atoms with Crippen LogP contribution < -0.4 is 0 Å². The number of imidazole rings is 1. The molecule has 0 bridgehead atoms. The molecule has 0 aliphatic carbocycles. The molecule has 3 heterocycles. The molecule has 0 atom stereocenters. The van der Waals surface area contributed by atoms with Gasteiger partial charge < -0.3 is 13.8 Å². The van der Waals surface area contributed by atoms with Crippen molar-refractivity contribution in [1.82, 2.24) is 24.6 Å². The van der Waals surface area contributed by atoms with Crippen LogP contribution in [-0.2, 0) is 11.3 Å². The second kappa shape index (κ2) is 7.97. The summed E-state index contributed by atoms with van der Waals surface area (Å²) in [6.07, 6.45) is 1.87. The molecule has 1 fully saturated rings. The van der Waals surface area contributed by atoms with E-state index in [9.17, 15) is 4.39 Å². The van der Waals surface area contributed by atoms with E-state index < -0.39 is 0 Å². The Bertz CT molecular complexity index is 1180. The second-order valence-corrected chi connectivity index (χ2v) is 7.48. The number of hydrogen-bond acceptors (Lipinski definition) is 6. The van der Waals surface area contributed by atoms with Gasteiger partial charge in [0.15, 0.2) is 0 Å². The zero-order valence-electron chi connectivity index (χ0n) is 16.7. The van der Waals surface area contributed by atoms with Gasteiger partial charge >= 0.3 is 0 Å². The summed E-state index contributed by atoms with van der Waals surface area (Å²) in [4.78, 5) is 11.4. The number of aryl methyl sites for hydroxylation is 1. The molecule has 1 aliphatic heterocycles. The van der Waals surface area contributed by atoms with Crippen molar-refractivity contribution in [2.75, 3.05) is 32.8 Å². The first-order chi connectivity index (χ1) is 14.7. The SMILES string of the molecule is Cc1ccc(-c2nc(-c3ccc4c(c3)ncn4CCN3CCOCC3)no2)cc1F. The van der Waals surface area contributed by atoms with E-state index in [-0.39, 0.29) is 5.82 Å². The Balaban J connectivity index is 1.35. The molecule has 2 aromatic heterocycles. The highest BCUT2D eigenvalue weighted by atomic mass is 19.1. The van der Waals surface area contributed by atoms with Gasteiger partial charge in [-0.25, -0.2) is 9.37 Å². The van der Waals surface area contributed by atoms with Crippen molar-refractivity contribution in [3.8, 4) is 22.8 Å². The Hall–Kier alpha value is -3.10. The van der Waals surface area contributed by atoms with E-state index in [2.05, 4.69) is 24.6 Å². The van der Waals surface area contributed by atoms with Crippen LogP contribution in [0.15, 0.2) is 47.2 Å². The van der Waals surface area contributed by atoms with Crippen LogP contribution in [0.5, 0.6) is 0 Å². The Morgan fingerprint density at radius 1 is 1.03 bits per heavy atom. The predicted molar refractivity (Wildman–Crippen MR) is 110 cm³/mol. The molecular weight excluding hydrogens is 385 g/mol. The minimum atomic E-state index is -0.295. The molecule has 0 N–H and O–H groups in total. The number of nitrogens with zero attached hydrogens (tertiary/aromatic N) is 5. The first kappa shape index (κ1) is 18.9. The first-order valence-electron chi connectivity index (χ1n) is 10.0. The molecule has 0 radical (unpaired) electrons. The van der Waals surface area contributed by atoms with Gasteiger partial charge in [0.25, 0.3) is 5.89 Å². The highest BCUT2D eigenvalue weighted by Gasteiger charge is 2.14. The number of rotatable bonds is 5. The van der Waals surface area contributed by atoms with Crippen LogP contribution in [0.25, 0.3) is 33.9 Å². The molecule has 0 spiro atoms. The maximum Gasteiger partial charge on any atom is 0.258 e. The van der Waals surface area contributed by atoms with E-state index in [4.69, 9.17) is 9.26 Å². The molecule has 8 heteroatoms. The molecule has 2 aromatic carbocycles. The molecule has 1 saturated heterocycles. The van der Waals surface area contributed by atoms with E-state index in [1.807, 2.05) is 24.5 Å². The Labute approximate surface area is 173 Å². The number of ether oxygens (including phenoxy) is 1. The fourth-order valence-electron chi connectivity index (χ4n) is 3.64. The van der Waals surface area contributed by atoms with E-state index in [0.29, 0.717) is 22.8 Å². The van der Waals surface area contributed by atoms with Crippen molar-refractivity contribution in [3.63, 3.8) is 0 Å². The third kappa shape index (κ3) is 3.71. The number of morpholine rings is 1. The average Bonchev–Trinajstić information content (AvgIpc) is 3.42. The fourth-order valence-corrected chi connectivity index (χ4v) is 3.64. The predicted octanol–water partition coefficient (Wildman–Crippen LogP) is 3.53. The van der Waals surface area contributed by atoms with Gasteiger partial charge in [0.1, 0.15) is 5.82 Å². The summed E-state index contributed by atoms with van der Waals surface area (Å²) in [6, 6.07) is 10.8. The van der Waals surface area contributed by atoms with Crippen molar-refractivity contribution in [1.29, 1.82) is 0 Å². The topological polar surface area (TPSA) is 69.2 Å². The molecule has 154 valence electrons. The fraction of sp³-hybridized carbons (Fsp3) is 0.318. The first-order valence-corrected chi connectivity index (χ1v) is 10.0. The van der Waals surface area contributed by atoms with Gasteiger partial charge in [0.05, 0.1) is 30.6 Å². The number of aromatic nitrogens is 4. The van der Waals surface area contributed by atoms with Gasteiger partial charge in [0.2, 0.25) is 5.82 Å². The van der Waals surface area contributed by atoms with Gasteiger partial charge in [0, 0.05) is 37.3 Å². The van der Waals surface area contributed by atoms with Crippen molar-refractivity contribution in [3.05, 3.63) is 54.1 Å². The molecule has 0 saturated carbocycles. The van der Waals surface area contributed by atoms with Crippen molar-refractivity contribution in [2.24, 2.45) is 0 Å². The summed E-state index contributed by atoms with van der Waals surface area (Å²) in [5.41, 5.74) is 3.89. The zero-order valence-corrected chi connectivity index (χ0v) is 16.7. The van der Waals surface area contributed by atoms with Crippen molar-refractivity contribution in [2.45, 2.75) is 13.5 Å². The monoisotopic (exact) mass is 407 g/mol. The lowest BCUT2D eigenvalue weighted by molar-refractivity contribution is 0.0365. The summed E-state index contributed by atoms with van der Waals surface area (Å²) in [5, 5.41) is 4.06. The summed E-state index contributed by atoms with van der Waals surface area (Å²) >= 11 is 0. The molecular formula is C22H22FN5O2. The number of hydrogen-bond donors (Lipinski definition) is 0. The minimum absolute atomic E-state index is 0.292. The van der Waals surface area contributed by atoms with E-state index in [1.165, 1.54) is 6.07 Å². The highest BCUT2D eigenvalue weighted by Crippen LogP contribution is 2.26. The molecule has 5 rings (SSSR count). The largest absolute Gasteiger partial charge is 0.379 e. The lowest BCUT2D eigenvalue weighted by Crippen LogP contribution is -2.38. The average molecular weight is 407 g/mol. The lowest BCUT2D eigenvalue weighted by Gasteiger charge is -2.26. The van der Waals surface area contributed by atoms with Crippen molar-refractivity contribution >= 4 is 11.0 Å². The van der Waals surface area contributed by atoms with E-state index in [0.717, 1.165) is 56.0 Å². The van der Waals surface area contributed by atoms with Crippen LogP contribution in [0.3, 0.4) is 0 Å². The van der Waals surface area contributed by atoms with Crippen LogP contribution in [-0.4, -0.2) is 57.4 Å². The third-order valence-electron chi connectivity index (χ3n) is 5.48. The minimum Gasteiger partial charge on any atom is -0.379 e. The van der Waals surface area contributed by atoms with Crippen LogP contribution in [0.2, 0.25) is 0 Å². The molecule has 7 nitrogen and oxygen atoms in total. The summed E-state index contributed by atoms with van der Waals surface area (Å²) in [7, 11) is 0. The molecule has 0 amide bonds. The standard InChI is InChI=1S/C22H22FN5O2/c1-15-2-3-17(12-18(15)23)22-25-21(26-30-22)16-4-5-20-19(13-16)24-14-28(20)7-6-27-8-10-29-11-9-27/h2-5,12-14H,6-11H2,1H3. The van der Waals surface area contributed by atoms with Crippen LogP contribution in [0.4, 0.5) is 4.39 Å². The van der Waals surface area contributed by atoms with Gasteiger partial charge in [-0.1, -0.05) is 11.2 Å². The smallest absolute Gasteiger partial charge is 0.258 e. The Kier molecular flexibility index (Phi) is 5.02. The van der Waals surface area contributed by atoms with Gasteiger partial charge in [-0.3, -0.25) is 4.90 Å². The lowest BCUT2D eigenvalue weighted by atomic mass is 10.1. The third-order valence-corrected chi connectivity index (χ3v) is 5.48. The summed E-state index contributed by atoms with van der Waals surface area (Å²) in [5.74, 6) is 0.451. The molecule has 30 heavy (non-hydrogen) atoms. The maximum absolute atomic E-state index is 13.8. The number of fused-ring (bicyclic) bond motifs is 1. The quantitative estimate of drug-likeness (QED) is 0.504. The van der Waals surface area contributed by atoms with Crippen LogP contribution >= 0.6 is 0 Å². The highest BCUT2D eigenvalue weighted by molar-refractivity contribution is 5.80. The molecule has 4 aromatic rings. The normalized spacial score (nSPS) is 15.1. The molecule has 1 aliphatic rings. The maximum atomic E-state index is 13.8. The van der Waals surface area contributed by atoms with E-state index in [1.54, 1.807) is 19.1 Å². The van der Waals surface area contributed by atoms with Crippen LogP contribution in [0, 0.1) is 12.7 Å². The van der Waals surface area contributed by atoms with Gasteiger partial charge in [-0.2, -0.15) is 4.98 Å². The molecule has 0 unspecified atom stereocenters. The van der Waals surface area contributed by atoms with E-state index >= 15 is 0 Å². The summed E-state index contributed by atoms with van der Waals surface area (Å²) in [6.45, 7) is 7.11. The van der Waals surface area contributed by atoms with Gasteiger partial charge in [-0.05, 0) is 42.8 Å². The van der Waals surface area contributed by atoms with Gasteiger partial charge in [-0.15, -0.1) is 0 Å². The number of halogens is 1. The zero-order chi connectivity index (χ0) is 20.5. The summed E-state index contributed by atoms with van der Waals surface area (Å²) < 4.78 is 26.8. The Morgan fingerprint density at radius 2 is 1.87 bits per heavy atom. The second-order valence-electron chi connectivity index (χ2n) is 7.48. The number of benzene rings is 2. The van der Waals surface area contributed by atoms with Crippen LogP contribution in [0.1, 0.15) is 5.56 Å².